The first-order valence-corrected chi connectivity index (χ1v) is 12.1. The Morgan fingerprint density at radius 3 is 2.58 bits per heavy atom. The van der Waals surface area contributed by atoms with Crippen molar-refractivity contribution in [3.63, 3.8) is 0 Å². The number of likely N-dealkylation sites (tertiary alicyclic amines) is 1. The molecule has 1 aliphatic rings. The van der Waals surface area contributed by atoms with Crippen LogP contribution >= 0.6 is 0 Å². The fourth-order valence-corrected chi connectivity index (χ4v) is 5.41. The summed E-state index contributed by atoms with van der Waals surface area (Å²) in [7, 11) is -3.61. The van der Waals surface area contributed by atoms with E-state index < -0.39 is 10.0 Å². The minimum atomic E-state index is -3.61. The zero-order chi connectivity index (χ0) is 22.0. The molecule has 2 aromatic carbocycles. The number of hydrogen-bond donors (Lipinski definition) is 1. The van der Waals surface area contributed by atoms with Gasteiger partial charge >= 0.3 is 0 Å². The van der Waals surface area contributed by atoms with Crippen molar-refractivity contribution in [2.45, 2.75) is 38.6 Å². The predicted octanol–water partition coefficient (Wildman–Crippen LogP) is 4.07. The maximum Gasteiger partial charge on any atom is 0.240 e. The molecule has 31 heavy (non-hydrogen) atoms. The van der Waals surface area contributed by atoms with Crippen LogP contribution in [-0.4, -0.2) is 38.1 Å². The number of sulfonamides is 1. The van der Waals surface area contributed by atoms with Gasteiger partial charge in [0, 0.05) is 31.3 Å². The molecule has 3 aromatic rings. The van der Waals surface area contributed by atoms with E-state index in [1.807, 2.05) is 19.9 Å². The van der Waals surface area contributed by atoms with E-state index in [0.717, 1.165) is 31.7 Å². The van der Waals surface area contributed by atoms with E-state index in [0.29, 0.717) is 29.3 Å². The smallest absolute Gasteiger partial charge is 0.240 e. The van der Waals surface area contributed by atoms with Crippen molar-refractivity contribution in [2.75, 3.05) is 19.6 Å². The van der Waals surface area contributed by atoms with Gasteiger partial charge in [-0.1, -0.05) is 47.1 Å². The molecule has 1 fully saturated rings. The van der Waals surface area contributed by atoms with Gasteiger partial charge in [0.15, 0.2) is 5.76 Å². The van der Waals surface area contributed by atoms with Crippen LogP contribution in [-0.2, 0) is 16.6 Å². The van der Waals surface area contributed by atoms with Gasteiger partial charge in [-0.15, -0.1) is 0 Å². The van der Waals surface area contributed by atoms with Crippen LogP contribution in [0.3, 0.4) is 0 Å². The molecule has 7 heteroatoms. The fraction of sp³-hybridized carbons (Fsp3) is 0.375. The van der Waals surface area contributed by atoms with Crippen molar-refractivity contribution in [2.24, 2.45) is 5.92 Å². The molecule has 0 bridgehead atoms. The summed E-state index contributed by atoms with van der Waals surface area (Å²) in [4.78, 5) is 2.68. The van der Waals surface area contributed by atoms with E-state index in [2.05, 4.69) is 46.0 Å². The van der Waals surface area contributed by atoms with E-state index >= 15 is 0 Å². The first-order valence-electron chi connectivity index (χ1n) is 10.6. The van der Waals surface area contributed by atoms with E-state index in [1.165, 1.54) is 11.1 Å². The van der Waals surface area contributed by atoms with Gasteiger partial charge in [0.25, 0.3) is 0 Å². The highest BCUT2D eigenvalue weighted by molar-refractivity contribution is 7.89. The largest absolute Gasteiger partial charge is 0.356 e. The summed E-state index contributed by atoms with van der Waals surface area (Å²) in [6.45, 7) is 8.96. The summed E-state index contributed by atoms with van der Waals surface area (Å²) in [5, 5.41) is 3.89. The number of benzene rings is 2. The van der Waals surface area contributed by atoms with Gasteiger partial charge in [-0.3, -0.25) is 4.90 Å². The van der Waals surface area contributed by atoms with Crippen LogP contribution in [0.1, 0.15) is 28.8 Å². The van der Waals surface area contributed by atoms with Crippen molar-refractivity contribution in [3.8, 4) is 11.3 Å². The average molecular weight is 440 g/mol. The van der Waals surface area contributed by atoms with Crippen molar-refractivity contribution in [1.29, 1.82) is 0 Å². The molecule has 1 saturated heterocycles. The molecule has 0 spiro atoms. The van der Waals surface area contributed by atoms with Crippen LogP contribution in [0, 0.1) is 26.7 Å². The highest BCUT2D eigenvalue weighted by atomic mass is 32.2. The maximum atomic E-state index is 13.0. The number of nitrogens with zero attached hydrogens (tertiary/aromatic N) is 2. The summed E-state index contributed by atoms with van der Waals surface area (Å²) in [6, 6.07) is 15.7. The Bertz CT molecular complexity index is 1150. The zero-order valence-electron chi connectivity index (χ0n) is 18.3. The highest BCUT2D eigenvalue weighted by Gasteiger charge is 2.25. The zero-order valence-corrected chi connectivity index (χ0v) is 19.1. The SMILES string of the molecule is Cc1ccc(CN2CCC(CNS(=O)(=O)c3cc(-c4cc(C)no4)ccc3C)C2)cc1. The summed E-state index contributed by atoms with van der Waals surface area (Å²) >= 11 is 0. The van der Waals surface area contributed by atoms with E-state index in [1.54, 1.807) is 18.2 Å². The number of nitrogens with one attached hydrogen (secondary N) is 1. The highest BCUT2D eigenvalue weighted by Crippen LogP contribution is 2.26. The Hall–Kier alpha value is -2.48. The van der Waals surface area contributed by atoms with E-state index in [4.69, 9.17) is 4.52 Å². The lowest BCUT2D eigenvalue weighted by atomic mass is 10.1. The lowest BCUT2D eigenvalue weighted by molar-refractivity contribution is 0.316. The minimum Gasteiger partial charge on any atom is -0.356 e. The monoisotopic (exact) mass is 439 g/mol. The third-order valence-corrected chi connectivity index (χ3v) is 7.41. The molecule has 1 atom stereocenters. The number of aromatic nitrogens is 1. The number of hydrogen-bond acceptors (Lipinski definition) is 5. The molecule has 1 unspecified atom stereocenters. The van der Waals surface area contributed by atoms with Crippen LogP contribution in [0.4, 0.5) is 0 Å². The molecular formula is C24H29N3O3S. The summed E-state index contributed by atoms with van der Waals surface area (Å²) in [5.41, 5.74) is 4.73. The summed E-state index contributed by atoms with van der Waals surface area (Å²) in [6.07, 6.45) is 0.991. The lowest BCUT2D eigenvalue weighted by Crippen LogP contribution is -2.31. The summed E-state index contributed by atoms with van der Waals surface area (Å²) in [5.74, 6) is 0.872. The van der Waals surface area contributed by atoms with Gasteiger partial charge in [0.2, 0.25) is 10.0 Å². The molecule has 0 radical (unpaired) electrons. The first kappa shape index (κ1) is 21.7. The molecule has 0 aliphatic carbocycles. The average Bonchev–Trinajstić information content (AvgIpc) is 3.37. The topological polar surface area (TPSA) is 75.4 Å². The van der Waals surface area contributed by atoms with Gasteiger partial charge in [0.05, 0.1) is 10.6 Å². The predicted molar refractivity (Wildman–Crippen MR) is 121 cm³/mol. The van der Waals surface area contributed by atoms with Crippen molar-refractivity contribution in [1.82, 2.24) is 14.8 Å². The van der Waals surface area contributed by atoms with E-state index in [-0.39, 0.29) is 4.90 Å². The molecule has 1 aliphatic heterocycles. The lowest BCUT2D eigenvalue weighted by Gasteiger charge is -2.17. The Kier molecular flexibility index (Phi) is 6.27. The number of aryl methyl sites for hydroxylation is 3. The van der Waals surface area contributed by atoms with Gasteiger partial charge in [-0.25, -0.2) is 13.1 Å². The fourth-order valence-electron chi connectivity index (χ4n) is 4.02. The van der Waals surface area contributed by atoms with Crippen LogP contribution < -0.4 is 4.72 Å². The standard InChI is InChI=1S/C24H29N3O3S/c1-17-4-7-20(8-5-17)15-27-11-10-21(16-27)14-25-31(28,29)24-13-22(9-6-18(24)2)23-12-19(3)26-30-23/h4-9,12-13,21,25H,10-11,14-16H2,1-3H3. The molecule has 6 nitrogen and oxygen atoms in total. The minimum absolute atomic E-state index is 0.286. The van der Waals surface area contributed by atoms with Gasteiger partial charge in [0.1, 0.15) is 0 Å². The molecule has 0 saturated carbocycles. The van der Waals surface area contributed by atoms with Gasteiger partial charge < -0.3 is 4.52 Å². The molecular weight excluding hydrogens is 410 g/mol. The Labute approximate surface area is 184 Å². The van der Waals surface area contributed by atoms with Crippen molar-refractivity contribution < 1.29 is 12.9 Å². The Balaban J connectivity index is 1.39. The normalized spacial score (nSPS) is 17.3. The maximum absolute atomic E-state index is 13.0. The second-order valence-electron chi connectivity index (χ2n) is 8.54. The second kappa shape index (κ2) is 8.94. The molecule has 1 aromatic heterocycles. The molecule has 4 rings (SSSR count). The quantitative estimate of drug-likeness (QED) is 0.601. The molecule has 2 heterocycles. The Morgan fingerprint density at radius 2 is 1.87 bits per heavy atom. The third-order valence-electron chi connectivity index (χ3n) is 5.85. The summed E-state index contributed by atoms with van der Waals surface area (Å²) < 4.78 is 34.2. The van der Waals surface area contributed by atoms with Crippen LogP contribution in [0.2, 0.25) is 0 Å². The van der Waals surface area contributed by atoms with Crippen LogP contribution in [0.25, 0.3) is 11.3 Å². The molecule has 0 amide bonds. The van der Waals surface area contributed by atoms with Gasteiger partial charge in [-0.2, -0.15) is 0 Å². The molecule has 1 N–H and O–H groups in total. The van der Waals surface area contributed by atoms with Crippen molar-refractivity contribution >= 4 is 10.0 Å². The van der Waals surface area contributed by atoms with E-state index in [9.17, 15) is 8.42 Å². The molecule has 164 valence electrons. The van der Waals surface area contributed by atoms with Crippen molar-refractivity contribution in [3.05, 3.63) is 70.9 Å². The van der Waals surface area contributed by atoms with Crippen LogP contribution in [0.5, 0.6) is 0 Å². The third kappa shape index (κ3) is 5.23. The second-order valence-corrected chi connectivity index (χ2v) is 10.3. The number of rotatable bonds is 7. The first-order chi connectivity index (χ1) is 14.8. The van der Waals surface area contributed by atoms with Gasteiger partial charge in [-0.05, 0) is 56.8 Å². The Morgan fingerprint density at radius 1 is 1.10 bits per heavy atom. The van der Waals surface area contributed by atoms with Crippen LogP contribution in [0.15, 0.2) is 57.9 Å².